The van der Waals surface area contributed by atoms with Crippen molar-refractivity contribution in [1.29, 1.82) is 0 Å². The molecule has 178 valence electrons. The molecule has 1 fully saturated rings. The highest BCUT2D eigenvalue weighted by Gasteiger charge is 2.40. The number of fused-ring (bicyclic) bond motifs is 1. The number of piperidine rings is 1. The van der Waals surface area contributed by atoms with Gasteiger partial charge in [0.2, 0.25) is 10.0 Å². The number of nitrogens with zero attached hydrogens (tertiary/aromatic N) is 1. The van der Waals surface area contributed by atoms with Gasteiger partial charge in [-0.2, -0.15) is 0 Å². The monoisotopic (exact) mass is 509 g/mol. The number of aliphatic hydroxyl groups is 1. The van der Waals surface area contributed by atoms with Crippen molar-refractivity contribution in [3.8, 4) is 0 Å². The van der Waals surface area contributed by atoms with Crippen molar-refractivity contribution in [3.05, 3.63) is 68.7 Å². The van der Waals surface area contributed by atoms with Crippen LogP contribution in [-0.4, -0.2) is 43.3 Å². The van der Waals surface area contributed by atoms with E-state index in [9.17, 15) is 18.3 Å². The van der Waals surface area contributed by atoms with Crippen LogP contribution in [0.3, 0.4) is 0 Å². The molecule has 1 saturated heterocycles. The van der Waals surface area contributed by atoms with Crippen molar-refractivity contribution in [3.63, 3.8) is 0 Å². The molecule has 1 N–H and O–H groups in total. The molecule has 1 aliphatic heterocycles. The number of rotatable bonds is 6. The fourth-order valence-corrected chi connectivity index (χ4v) is 7.69. The molecule has 0 spiro atoms. The van der Waals surface area contributed by atoms with Gasteiger partial charge in [-0.3, -0.25) is 4.79 Å². The molecule has 2 aromatic carbocycles. The minimum atomic E-state index is -3.58. The molecule has 0 saturated carbocycles. The maximum atomic E-state index is 13.7. The zero-order valence-electron chi connectivity index (χ0n) is 18.6. The first-order chi connectivity index (χ1) is 15.7. The Morgan fingerprint density at radius 1 is 1.12 bits per heavy atom. The molecule has 8 heteroatoms. The summed E-state index contributed by atoms with van der Waals surface area (Å²) in [6, 6.07) is 10.5. The van der Waals surface area contributed by atoms with Gasteiger partial charge in [0.05, 0.1) is 15.6 Å². The van der Waals surface area contributed by atoms with Crippen LogP contribution in [0.4, 0.5) is 0 Å². The number of sulfonamides is 1. The van der Waals surface area contributed by atoms with E-state index in [1.807, 2.05) is 18.2 Å². The lowest BCUT2D eigenvalue weighted by molar-refractivity contribution is 0.0993. The first kappa shape index (κ1) is 24.7. The van der Waals surface area contributed by atoms with Crippen molar-refractivity contribution >= 4 is 39.0 Å². The van der Waals surface area contributed by atoms with Gasteiger partial charge in [0.15, 0.2) is 5.78 Å². The van der Waals surface area contributed by atoms with E-state index in [1.54, 1.807) is 22.5 Å². The zero-order chi connectivity index (χ0) is 23.8. The highest BCUT2D eigenvalue weighted by Crippen LogP contribution is 2.41. The molecule has 33 heavy (non-hydrogen) atoms. The maximum absolute atomic E-state index is 13.7. The molecule has 0 radical (unpaired) electrons. The molecule has 4 rings (SSSR count). The van der Waals surface area contributed by atoms with Gasteiger partial charge in [-0.05, 0) is 66.3 Å². The van der Waals surface area contributed by atoms with E-state index in [4.69, 9.17) is 23.2 Å². The van der Waals surface area contributed by atoms with Crippen molar-refractivity contribution < 1.29 is 18.3 Å². The molecule has 2 aliphatic rings. The van der Waals surface area contributed by atoms with E-state index in [0.717, 1.165) is 29.5 Å². The van der Waals surface area contributed by atoms with Crippen LogP contribution in [0.25, 0.3) is 0 Å². The second-order valence-electron chi connectivity index (χ2n) is 9.33. The second kappa shape index (κ2) is 10.0. The van der Waals surface area contributed by atoms with Crippen LogP contribution in [0.2, 0.25) is 10.0 Å². The Morgan fingerprint density at radius 2 is 1.79 bits per heavy atom. The summed E-state index contributed by atoms with van der Waals surface area (Å²) >= 11 is 12.4. The Balaban J connectivity index is 1.66. The van der Waals surface area contributed by atoms with Gasteiger partial charge in [0, 0.05) is 26.1 Å². The number of ketones is 1. The van der Waals surface area contributed by atoms with Gasteiger partial charge in [-0.15, -0.1) is 0 Å². The number of hydrogen-bond acceptors (Lipinski definition) is 4. The molecular formula is C25H29Cl2NO4S. The highest BCUT2D eigenvalue weighted by atomic mass is 35.5. The molecule has 1 heterocycles. The van der Waals surface area contributed by atoms with E-state index < -0.39 is 15.3 Å². The minimum Gasteiger partial charge on any atom is -0.396 e. The molecular weight excluding hydrogens is 481 g/mol. The standard InChI is InChI=1S/C25H29Cl2NO4S/c1-16-7-9-28(10-8-16)33(31,32)24-14-18(15-29)11-19-6-5-17(12-20(19)24)13-23(30)25-21(26)3-2-4-22(25)27/h2-6,12,16,18,24,29H,7-11,13-15H2,1H3/t18-,24?/m1/s1. The molecule has 5 nitrogen and oxygen atoms in total. The van der Waals surface area contributed by atoms with Gasteiger partial charge >= 0.3 is 0 Å². The third kappa shape index (κ3) is 5.15. The number of halogens is 2. The topological polar surface area (TPSA) is 74.7 Å². The highest BCUT2D eigenvalue weighted by molar-refractivity contribution is 7.89. The number of carbonyl (C=O) groups is 1. The maximum Gasteiger partial charge on any atom is 0.221 e. The Morgan fingerprint density at radius 3 is 2.42 bits per heavy atom. The van der Waals surface area contributed by atoms with Crippen molar-refractivity contribution in [2.24, 2.45) is 11.8 Å². The van der Waals surface area contributed by atoms with Gasteiger partial charge < -0.3 is 5.11 Å². The minimum absolute atomic E-state index is 0.0479. The van der Waals surface area contributed by atoms with E-state index >= 15 is 0 Å². The Hall–Kier alpha value is -1.44. The predicted molar refractivity (Wildman–Crippen MR) is 131 cm³/mol. The Bertz CT molecular complexity index is 1120. The third-order valence-electron chi connectivity index (χ3n) is 6.94. The van der Waals surface area contributed by atoms with E-state index in [0.29, 0.717) is 41.9 Å². The van der Waals surface area contributed by atoms with E-state index in [1.165, 1.54) is 0 Å². The normalized spacial score (nSPS) is 22.2. The average molecular weight is 510 g/mol. The van der Waals surface area contributed by atoms with Crippen molar-refractivity contribution in [2.75, 3.05) is 19.7 Å². The molecule has 1 aliphatic carbocycles. The second-order valence-corrected chi connectivity index (χ2v) is 12.3. The lowest BCUT2D eigenvalue weighted by Crippen LogP contribution is -2.42. The number of carbonyl (C=O) groups excluding carboxylic acids is 1. The van der Waals surface area contributed by atoms with Crippen molar-refractivity contribution in [1.82, 2.24) is 4.31 Å². The molecule has 0 amide bonds. The van der Waals surface area contributed by atoms with Crippen molar-refractivity contribution in [2.45, 2.75) is 44.3 Å². The van der Waals surface area contributed by atoms with Crippen LogP contribution < -0.4 is 0 Å². The summed E-state index contributed by atoms with van der Waals surface area (Å²) in [5, 5.41) is 9.71. The first-order valence-electron chi connectivity index (χ1n) is 11.4. The average Bonchev–Trinajstić information content (AvgIpc) is 2.78. The fourth-order valence-electron chi connectivity index (χ4n) is 4.94. The molecule has 2 aromatic rings. The summed E-state index contributed by atoms with van der Waals surface area (Å²) in [5.74, 6) is 0.212. The molecule has 2 atom stereocenters. The third-order valence-corrected chi connectivity index (χ3v) is 9.82. The van der Waals surface area contributed by atoms with Crippen LogP contribution in [-0.2, 0) is 22.9 Å². The van der Waals surface area contributed by atoms with E-state index in [-0.39, 0.29) is 30.3 Å². The van der Waals surface area contributed by atoms with Gasteiger partial charge in [0.1, 0.15) is 5.25 Å². The number of Topliss-reactive ketones (excluding diaryl/α,β-unsaturated/α-hetero) is 1. The summed E-state index contributed by atoms with van der Waals surface area (Å²) in [7, 11) is -3.58. The lowest BCUT2D eigenvalue weighted by Gasteiger charge is -2.37. The first-order valence-corrected chi connectivity index (χ1v) is 13.6. The quantitative estimate of drug-likeness (QED) is 0.551. The smallest absolute Gasteiger partial charge is 0.221 e. The Kier molecular flexibility index (Phi) is 7.51. The molecule has 0 aromatic heterocycles. The summed E-state index contributed by atoms with van der Waals surface area (Å²) in [4.78, 5) is 13.0. The summed E-state index contributed by atoms with van der Waals surface area (Å²) in [6.07, 6.45) is 2.80. The van der Waals surface area contributed by atoms with Crippen LogP contribution in [0.15, 0.2) is 36.4 Å². The SMILES string of the molecule is CC1CCN(S(=O)(=O)C2C[C@H](CO)Cc3ccc(CC(=O)c4c(Cl)cccc4Cl)cc32)CC1. The molecule has 1 unspecified atom stereocenters. The van der Waals surface area contributed by atoms with Gasteiger partial charge in [0.25, 0.3) is 0 Å². The van der Waals surface area contributed by atoms with E-state index in [2.05, 4.69) is 6.92 Å². The van der Waals surface area contributed by atoms with Gasteiger partial charge in [-0.1, -0.05) is 54.4 Å². The summed E-state index contributed by atoms with van der Waals surface area (Å²) in [6.45, 7) is 3.16. The molecule has 0 bridgehead atoms. The summed E-state index contributed by atoms with van der Waals surface area (Å²) < 4.78 is 28.9. The zero-order valence-corrected chi connectivity index (χ0v) is 21.0. The van der Waals surface area contributed by atoms with Crippen LogP contribution in [0.1, 0.15) is 58.5 Å². The van der Waals surface area contributed by atoms with Gasteiger partial charge in [-0.25, -0.2) is 12.7 Å². The van der Waals surface area contributed by atoms with Crippen LogP contribution in [0, 0.1) is 11.8 Å². The van der Waals surface area contributed by atoms with Crippen LogP contribution in [0.5, 0.6) is 0 Å². The largest absolute Gasteiger partial charge is 0.396 e. The fraction of sp³-hybridized carbons (Fsp3) is 0.480. The predicted octanol–water partition coefficient (Wildman–Crippen LogP) is 5.08. The Labute approximate surface area is 205 Å². The number of hydrogen-bond donors (Lipinski definition) is 1. The number of aliphatic hydroxyl groups excluding tert-OH is 1. The van der Waals surface area contributed by atoms with Crippen LogP contribution >= 0.6 is 23.2 Å². The summed E-state index contributed by atoms with van der Waals surface area (Å²) in [5.41, 5.74) is 2.68. The lowest BCUT2D eigenvalue weighted by atomic mass is 9.82. The number of benzene rings is 2.